The fourth-order valence-electron chi connectivity index (χ4n) is 1.45. The average molecular weight is 181 g/mol. The van der Waals surface area contributed by atoms with Gasteiger partial charge in [0.05, 0.1) is 6.54 Å². The van der Waals surface area contributed by atoms with E-state index in [0.717, 1.165) is 11.6 Å². The van der Waals surface area contributed by atoms with Crippen LogP contribution in [0, 0.1) is 6.92 Å². The Morgan fingerprint density at radius 3 is 3.15 bits per heavy atom. The normalized spacial score (nSPS) is 21.2. The predicted molar refractivity (Wildman–Crippen MR) is 44.6 cm³/mol. The Bertz CT molecular complexity index is 345. The number of carbonyl (C=O) groups excluding carboxylic acids is 1. The lowest BCUT2D eigenvalue weighted by Crippen LogP contribution is -2.47. The van der Waals surface area contributed by atoms with E-state index in [9.17, 15) is 4.79 Å². The Hall–Kier alpha value is -1.43. The van der Waals surface area contributed by atoms with E-state index in [1.54, 1.807) is 0 Å². The minimum Gasteiger partial charge on any atom is -0.368 e. The number of hydrogen-bond donors (Lipinski definition) is 2. The molecule has 1 unspecified atom stereocenters. The molecule has 1 atom stereocenters. The Labute approximate surface area is 75.1 Å². The van der Waals surface area contributed by atoms with Crippen molar-refractivity contribution in [3.63, 3.8) is 0 Å². The van der Waals surface area contributed by atoms with Crippen LogP contribution in [0.5, 0.6) is 0 Å². The van der Waals surface area contributed by atoms with Crippen molar-refractivity contribution >= 4 is 5.91 Å². The second-order valence-corrected chi connectivity index (χ2v) is 3.11. The summed E-state index contributed by atoms with van der Waals surface area (Å²) in [5.74, 6) is 1.34. The molecule has 6 nitrogen and oxygen atoms in total. The largest absolute Gasteiger partial charge is 0.368 e. The van der Waals surface area contributed by atoms with Crippen molar-refractivity contribution in [2.24, 2.45) is 5.73 Å². The zero-order valence-electron chi connectivity index (χ0n) is 7.32. The summed E-state index contributed by atoms with van der Waals surface area (Å²) in [6.07, 6.45) is 0. The fourth-order valence-corrected chi connectivity index (χ4v) is 1.45. The maximum absolute atomic E-state index is 10.9. The molecule has 0 spiro atoms. The molecule has 0 fully saturated rings. The monoisotopic (exact) mass is 181 g/mol. The zero-order chi connectivity index (χ0) is 9.42. The number of hydrogen-bond acceptors (Lipinski definition) is 4. The van der Waals surface area contributed by atoms with Crippen LogP contribution in [0.15, 0.2) is 0 Å². The molecule has 70 valence electrons. The van der Waals surface area contributed by atoms with Crippen molar-refractivity contribution in [3.8, 4) is 0 Å². The van der Waals surface area contributed by atoms with Crippen LogP contribution >= 0.6 is 0 Å². The topological polar surface area (TPSA) is 85.8 Å². The van der Waals surface area contributed by atoms with E-state index in [0.29, 0.717) is 13.1 Å². The van der Waals surface area contributed by atoms with Gasteiger partial charge in [-0.15, -0.1) is 10.2 Å². The van der Waals surface area contributed by atoms with Crippen molar-refractivity contribution in [1.82, 2.24) is 20.1 Å². The molecular weight excluding hydrogens is 170 g/mol. The van der Waals surface area contributed by atoms with Gasteiger partial charge in [-0.3, -0.25) is 10.1 Å². The highest BCUT2D eigenvalue weighted by Gasteiger charge is 2.23. The Morgan fingerprint density at radius 1 is 1.69 bits per heavy atom. The molecule has 0 saturated heterocycles. The summed E-state index contributed by atoms with van der Waals surface area (Å²) < 4.78 is 1.91. The first-order valence-electron chi connectivity index (χ1n) is 4.10. The van der Waals surface area contributed by atoms with Crippen LogP contribution in [-0.4, -0.2) is 26.7 Å². The van der Waals surface area contributed by atoms with Gasteiger partial charge in [-0.2, -0.15) is 0 Å². The number of fused-ring (bicyclic) bond motifs is 1. The van der Waals surface area contributed by atoms with Gasteiger partial charge >= 0.3 is 0 Å². The molecule has 2 heterocycles. The van der Waals surface area contributed by atoms with E-state index in [1.807, 2.05) is 11.5 Å². The van der Waals surface area contributed by atoms with Gasteiger partial charge in [0.2, 0.25) is 5.91 Å². The van der Waals surface area contributed by atoms with Gasteiger partial charge in [-0.1, -0.05) is 0 Å². The van der Waals surface area contributed by atoms with Crippen molar-refractivity contribution < 1.29 is 4.79 Å². The van der Waals surface area contributed by atoms with E-state index in [4.69, 9.17) is 5.73 Å². The van der Waals surface area contributed by atoms with Crippen molar-refractivity contribution in [1.29, 1.82) is 0 Å². The first-order chi connectivity index (χ1) is 6.18. The van der Waals surface area contributed by atoms with E-state index in [2.05, 4.69) is 15.5 Å². The highest BCUT2D eigenvalue weighted by molar-refractivity contribution is 5.79. The van der Waals surface area contributed by atoms with Gasteiger partial charge in [-0.05, 0) is 6.92 Å². The molecular formula is C7H11N5O. The zero-order valence-corrected chi connectivity index (χ0v) is 7.32. The van der Waals surface area contributed by atoms with Crippen LogP contribution in [0.25, 0.3) is 0 Å². The second-order valence-electron chi connectivity index (χ2n) is 3.11. The molecule has 1 aliphatic heterocycles. The van der Waals surface area contributed by atoms with Crippen LogP contribution in [0.4, 0.5) is 0 Å². The molecule has 2 rings (SSSR count). The Morgan fingerprint density at radius 2 is 2.46 bits per heavy atom. The number of nitrogens with zero attached hydrogens (tertiary/aromatic N) is 3. The third-order valence-electron chi connectivity index (χ3n) is 2.23. The lowest BCUT2D eigenvalue weighted by Gasteiger charge is -2.22. The standard InChI is InChI=1S/C7H11N5O/c1-4-10-11-6-2-9-5(7(8)13)3-12(4)6/h5,9H,2-3H2,1H3,(H2,8,13). The maximum atomic E-state index is 10.9. The smallest absolute Gasteiger partial charge is 0.236 e. The number of nitrogens with one attached hydrogen (secondary N) is 1. The molecule has 1 aliphatic rings. The fraction of sp³-hybridized carbons (Fsp3) is 0.571. The summed E-state index contributed by atoms with van der Waals surface area (Å²) in [6.45, 7) is 2.94. The predicted octanol–water partition coefficient (Wildman–Crippen LogP) is -1.46. The van der Waals surface area contributed by atoms with E-state index in [1.165, 1.54) is 0 Å². The SMILES string of the molecule is Cc1nnc2n1CC(C(N)=O)NC2. The van der Waals surface area contributed by atoms with Gasteiger partial charge in [0.25, 0.3) is 0 Å². The van der Waals surface area contributed by atoms with Crippen LogP contribution in [-0.2, 0) is 17.9 Å². The lowest BCUT2D eigenvalue weighted by atomic mass is 10.2. The van der Waals surface area contributed by atoms with Gasteiger partial charge in [0.1, 0.15) is 17.7 Å². The third kappa shape index (κ3) is 1.29. The average Bonchev–Trinajstić information content (AvgIpc) is 2.47. The number of carbonyl (C=O) groups is 1. The lowest BCUT2D eigenvalue weighted by molar-refractivity contribution is -0.120. The third-order valence-corrected chi connectivity index (χ3v) is 2.23. The van der Waals surface area contributed by atoms with Gasteiger partial charge < -0.3 is 10.3 Å². The second kappa shape index (κ2) is 2.81. The van der Waals surface area contributed by atoms with Crippen LogP contribution in [0.3, 0.4) is 0 Å². The summed E-state index contributed by atoms with van der Waals surface area (Å²) in [5, 5.41) is 10.9. The molecule has 13 heavy (non-hydrogen) atoms. The van der Waals surface area contributed by atoms with Gasteiger partial charge in [0, 0.05) is 6.54 Å². The molecule has 0 aliphatic carbocycles. The number of aryl methyl sites for hydroxylation is 1. The summed E-state index contributed by atoms with van der Waals surface area (Å²) in [4.78, 5) is 10.9. The maximum Gasteiger partial charge on any atom is 0.236 e. The molecule has 1 aromatic heterocycles. The minimum absolute atomic E-state index is 0.304. The summed E-state index contributed by atoms with van der Waals surface area (Å²) in [6, 6.07) is -0.304. The number of aromatic nitrogens is 3. The molecule has 0 aromatic carbocycles. The Kier molecular flexibility index (Phi) is 1.77. The molecule has 3 N–H and O–H groups in total. The minimum atomic E-state index is -0.334. The molecule has 0 radical (unpaired) electrons. The van der Waals surface area contributed by atoms with E-state index < -0.39 is 0 Å². The molecule has 0 bridgehead atoms. The van der Waals surface area contributed by atoms with Crippen molar-refractivity contribution in [3.05, 3.63) is 11.6 Å². The van der Waals surface area contributed by atoms with Crippen molar-refractivity contribution in [2.45, 2.75) is 26.1 Å². The molecule has 1 aromatic rings. The van der Waals surface area contributed by atoms with Crippen molar-refractivity contribution in [2.75, 3.05) is 0 Å². The van der Waals surface area contributed by atoms with E-state index in [-0.39, 0.29) is 11.9 Å². The first-order valence-corrected chi connectivity index (χ1v) is 4.10. The number of amides is 1. The number of primary amides is 1. The summed E-state index contributed by atoms with van der Waals surface area (Å²) in [7, 11) is 0. The number of rotatable bonds is 1. The molecule has 0 saturated carbocycles. The van der Waals surface area contributed by atoms with Gasteiger partial charge in [0.15, 0.2) is 0 Å². The molecule has 1 amide bonds. The van der Waals surface area contributed by atoms with Crippen LogP contribution in [0.1, 0.15) is 11.6 Å². The first kappa shape index (κ1) is 8.18. The molecule has 6 heteroatoms. The summed E-state index contributed by atoms with van der Waals surface area (Å²) >= 11 is 0. The highest BCUT2D eigenvalue weighted by Crippen LogP contribution is 2.07. The number of nitrogens with two attached hydrogens (primary N) is 1. The highest BCUT2D eigenvalue weighted by atomic mass is 16.1. The summed E-state index contributed by atoms with van der Waals surface area (Å²) in [5.41, 5.74) is 5.19. The van der Waals surface area contributed by atoms with Gasteiger partial charge in [-0.25, -0.2) is 0 Å². The van der Waals surface area contributed by atoms with Crippen LogP contribution in [0.2, 0.25) is 0 Å². The quantitative estimate of drug-likeness (QED) is 0.554. The van der Waals surface area contributed by atoms with E-state index >= 15 is 0 Å². The Balaban J connectivity index is 2.27. The van der Waals surface area contributed by atoms with Crippen LogP contribution < -0.4 is 11.1 Å².